The van der Waals surface area contributed by atoms with Gasteiger partial charge in [-0.05, 0) is 24.1 Å². The van der Waals surface area contributed by atoms with E-state index in [-0.39, 0.29) is 18.0 Å². The molecule has 0 saturated carbocycles. The van der Waals surface area contributed by atoms with Gasteiger partial charge >= 0.3 is 5.91 Å². The lowest BCUT2D eigenvalue weighted by Crippen LogP contribution is -2.23. The lowest BCUT2D eigenvalue weighted by atomic mass is 10.1. The van der Waals surface area contributed by atoms with E-state index in [4.69, 9.17) is 4.42 Å². The smallest absolute Gasteiger partial charge is 0.307 e. The molecular formula is C21H19F2N7O2. The first-order valence-electron chi connectivity index (χ1n) is 9.60. The Labute approximate surface area is 181 Å². The van der Waals surface area contributed by atoms with E-state index in [1.807, 2.05) is 6.92 Å². The summed E-state index contributed by atoms with van der Waals surface area (Å²) < 4.78 is 32.6. The van der Waals surface area contributed by atoms with Gasteiger partial charge in [0.25, 0.3) is 12.3 Å². The van der Waals surface area contributed by atoms with Crippen LogP contribution >= 0.6 is 0 Å². The van der Waals surface area contributed by atoms with Crippen LogP contribution in [0.3, 0.4) is 0 Å². The van der Waals surface area contributed by atoms with Gasteiger partial charge in [-0.2, -0.15) is 5.10 Å². The predicted molar refractivity (Wildman–Crippen MR) is 111 cm³/mol. The number of rotatable bonds is 7. The fraction of sp³-hybridized carbons (Fsp3) is 0.190. The Morgan fingerprint density at radius 3 is 2.84 bits per heavy atom. The summed E-state index contributed by atoms with van der Waals surface area (Å²) in [6, 6.07) is 7.61. The van der Waals surface area contributed by atoms with Crippen molar-refractivity contribution >= 4 is 17.7 Å². The van der Waals surface area contributed by atoms with Gasteiger partial charge in [-0.1, -0.05) is 18.2 Å². The number of alkyl halides is 2. The average molecular weight is 439 g/mol. The summed E-state index contributed by atoms with van der Waals surface area (Å²) in [6.45, 7) is 1.87. The summed E-state index contributed by atoms with van der Waals surface area (Å²) in [5, 5.41) is 9.75. The van der Waals surface area contributed by atoms with Crippen molar-refractivity contribution in [1.29, 1.82) is 0 Å². The van der Waals surface area contributed by atoms with Gasteiger partial charge < -0.3 is 15.1 Å². The highest BCUT2D eigenvalue weighted by Crippen LogP contribution is 2.23. The molecule has 11 heteroatoms. The van der Waals surface area contributed by atoms with Gasteiger partial charge in [-0.25, -0.2) is 23.7 Å². The van der Waals surface area contributed by atoms with Gasteiger partial charge in [-0.15, -0.1) is 0 Å². The van der Waals surface area contributed by atoms with E-state index in [1.54, 1.807) is 36.3 Å². The zero-order valence-electron chi connectivity index (χ0n) is 17.2. The SMILES string of the molecule is Cc1cnc(Nc2ccnn2C)nc1-c1coc(C(=O)NCc2cccc(C(F)F)c2)n1. The van der Waals surface area contributed by atoms with Crippen LogP contribution in [0.2, 0.25) is 0 Å². The largest absolute Gasteiger partial charge is 0.440 e. The number of carbonyl (C=O) groups is 1. The molecule has 0 fully saturated rings. The second kappa shape index (κ2) is 8.92. The van der Waals surface area contributed by atoms with Crippen LogP contribution in [0.1, 0.15) is 33.8 Å². The van der Waals surface area contributed by atoms with Crippen LogP contribution in [0.25, 0.3) is 11.4 Å². The van der Waals surface area contributed by atoms with Crippen molar-refractivity contribution in [3.8, 4) is 11.4 Å². The van der Waals surface area contributed by atoms with E-state index >= 15 is 0 Å². The first-order chi connectivity index (χ1) is 15.4. The van der Waals surface area contributed by atoms with Crippen LogP contribution in [0.4, 0.5) is 20.5 Å². The van der Waals surface area contributed by atoms with Crippen LogP contribution < -0.4 is 10.6 Å². The van der Waals surface area contributed by atoms with Crippen LogP contribution in [0, 0.1) is 6.92 Å². The lowest BCUT2D eigenvalue weighted by Gasteiger charge is -2.07. The third kappa shape index (κ3) is 4.61. The Kier molecular flexibility index (Phi) is 5.88. The lowest BCUT2D eigenvalue weighted by molar-refractivity contribution is 0.0916. The Morgan fingerprint density at radius 1 is 1.25 bits per heavy atom. The van der Waals surface area contributed by atoms with E-state index in [9.17, 15) is 13.6 Å². The minimum atomic E-state index is -2.58. The van der Waals surface area contributed by atoms with Crippen LogP contribution in [-0.2, 0) is 13.6 Å². The molecule has 0 aliphatic heterocycles. The first kappa shape index (κ1) is 21.1. The topological polar surface area (TPSA) is 111 Å². The third-order valence-corrected chi connectivity index (χ3v) is 4.63. The number of halogens is 2. The maximum absolute atomic E-state index is 12.8. The summed E-state index contributed by atoms with van der Waals surface area (Å²) in [7, 11) is 1.78. The number of nitrogens with zero attached hydrogens (tertiary/aromatic N) is 5. The molecule has 0 atom stereocenters. The van der Waals surface area contributed by atoms with E-state index in [0.29, 0.717) is 28.7 Å². The Balaban J connectivity index is 1.47. The zero-order valence-corrected chi connectivity index (χ0v) is 17.2. The summed E-state index contributed by atoms with van der Waals surface area (Å²) in [5.74, 6) is 0.306. The van der Waals surface area contributed by atoms with Gasteiger partial charge in [0.05, 0.1) is 6.20 Å². The molecule has 0 aliphatic carbocycles. The van der Waals surface area contributed by atoms with E-state index in [2.05, 4.69) is 30.7 Å². The van der Waals surface area contributed by atoms with Gasteiger partial charge in [0.2, 0.25) is 5.95 Å². The van der Waals surface area contributed by atoms with Crippen LogP contribution in [-0.4, -0.2) is 30.6 Å². The van der Waals surface area contributed by atoms with Crippen molar-refractivity contribution in [3.05, 3.63) is 71.6 Å². The zero-order chi connectivity index (χ0) is 22.7. The molecule has 32 heavy (non-hydrogen) atoms. The quantitative estimate of drug-likeness (QED) is 0.451. The molecule has 4 aromatic rings. The van der Waals surface area contributed by atoms with Crippen molar-refractivity contribution in [2.75, 3.05) is 5.32 Å². The normalized spacial score (nSPS) is 11.0. The number of oxazole rings is 1. The maximum Gasteiger partial charge on any atom is 0.307 e. The monoisotopic (exact) mass is 439 g/mol. The molecule has 164 valence electrons. The highest BCUT2D eigenvalue weighted by molar-refractivity contribution is 5.90. The molecule has 0 spiro atoms. The van der Waals surface area contributed by atoms with Gasteiger partial charge in [0.15, 0.2) is 0 Å². The molecule has 1 amide bonds. The second-order valence-corrected chi connectivity index (χ2v) is 6.96. The molecule has 0 radical (unpaired) electrons. The molecule has 0 bridgehead atoms. The summed E-state index contributed by atoms with van der Waals surface area (Å²) >= 11 is 0. The summed E-state index contributed by atoms with van der Waals surface area (Å²) in [4.78, 5) is 25.3. The number of hydrogen-bond donors (Lipinski definition) is 2. The number of nitrogens with one attached hydrogen (secondary N) is 2. The minimum Gasteiger partial charge on any atom is -0.440 e. The molecule has 1 aromatic carbocycles. The Hall–Kier alpha value is -4.15. The first-order valence-corrected chi connectivity index (χ1v) is 9.60. The number of aryl methyl sites for hydroxylation is 2. The van der Waals surface area contributed by atoms with Crippen molar-refractivity contribution in [1.82, 2.24) is 30.0 Å². The highest BCUT2D eigenvalue weighted by Gasteiger charge is 2.17. The molecule has 0 saturated heterocycles. The number of hydrogen-bond acceptors (Lipinski definition) is 7. The second-order valence-electron chi connectivity index (χ2n) is 6.96. The van der Waals surface area contributed by atoms with E-state index in [0.717, 1.165) is 5.56 Å². The molecule has 0 aliphatic rings. The van der Waals surface area contributed by atoms with Crippen molar-refractivity contribution in [2.45, 2.75) is 19.9 Å². The Bertz CT molecular complexity index is 1250. The molecule has 4 rings (SSSR count). The molecule has 3 heterocycles. The summed E-state index contributed by atoms with van der Waals surface area (Å²) in [6.07, 6.45) is 2.03. The number of benzene rings is 1. The van der Waals surface area contributed by atoms with Crippen LogP contribution in [0.15, 0.2) is 53.4 Å². The predicted octanol–water partition coefficient (Wildman–Crippen LogP) is 3.78. The van der Waals surface area contributed by atoms with E-state index < -0.39 is 12.3 Å². The molecule has 9 nitrogen and oxygen atoms in total. The number of anilines is 2. The van der Waals surface area contributed by atoms with Crippen molar-refractivity contribution in [2.24, 2.45) is 7.05 Å². The fourth-order valence-electron chi connectivity index (χ4n) is 2.96. The maximum atomic E-state index is 12.8. The Morgan fingerprint density at radius 2 is 2.09 bits per heavy atom. The number of carbonyl (C=O) groups excluding carboxylic acids is 1. The van der Waals surface area contributed by atoms with Gasteiger partial charge in [0.1, 0.15) is 23.5 Å². The fourth-order valence-corrected chi connectivity index (χ4v) is 2.96. The third-order valence-electron chi connectivity index (χ3n) is 4.63. The number of aromatic nitrogens is 5. The van der Waals surface area contributed by atoms with Gasteiger partial charge in [-0.3, -0.25) is 9.48 Å². The molecular weight excluding hydrogens is 420 g/mol. The number of amides is 1. The molecule has 0 unspecified atom stereocenters. The van der Waals surface area contributed by atoms with Crippen molar-refractivity contribution in [3.63, 3.8) is 0 Å². The van der Waals surface area contributed by atoms with E-state index in [1.165, 1.54) is 24.5 Å². The molecule has 3 aromatic heterocycles. The van der Waals surface area contributed by atoms with Gasteiger partial charge in [0, 0.05) is 31.4 Å². The summed E-state index contributed by atoms with van der Waals surface area (Å²) in [5.41, 5.74) is 2.04. The highest BCUT2D eigenvalue weighted by atomic mass is 19.3. The van der Waals surface area contributed by atoms with Crippen LogP contribution in [0.5, 0.6) is 0 Å². The average Bonchev–Trinajstić information content (AvgIpc) is 3.43. The standard InChI is InChI=1S/C21H19F2N7O2/c1-12-9-25-21(28-16-6-7-26-30(16)2)29-17(12)15-11-32-20(27-15)19(31)24-10-13-4-3-5-14(8-13)18(22)23/h3-9,11,18H,10H2,1-2H3,(H,24,31)(H,25,28,29). The van der Waals surface area contributed by atoms with Crippen molar-refractivity contribution < 1.29 is 18.0 Å². The minimum absolute atomic E-state index is 0.0579. The molecule has 2 N–H and O–H groups in total.